The molecule has 0 unspecified atom stereocenters. The van der Waals surface area contributed by atoms with E-state index in [9.17, 15) is 0 Å². The molecule has 0 aliphatic rings. The Bertz CT molecular complexity index is 555. The van der Waals surface area contributed by atoms with E-state index in [1.54, 1.807) is 10.9 Å². The lowest BCUT2D eigenvalue weighted by Crippen LogP contribution is -2.14. The van der Waals surface area contributed by atoms with Crippen molar-refractivity contribution in [1.29, 1.82) is 0 Å². The van der Waals surface area contributed by atoms with Gasteiger partial charge in [0, 0.05) is 35.0 Å². The van der Waals surface area contributed by atoms with Crippen LogP contribution in [0, 0.1) is 0 Å². The lowest BCUT2D eigenvalue weighted by molar-refractivity contribution is 0.570. The highest BCUT2D eigenvalue weighted by Crippen LogP contribution is 2.21. The number of hydrogen-bond donors (Lipinski definition) is 2. The number of benzene rings is 1. The molecule has 0 saturated carbocycles. The quantitative estimate of drug-likeness (QED) is 0.623. The molecule has 3 N–H and O–H groups in total. The second-order valence-electron chi connectivity index (χ2n) is 4.00. The van der Waals surface area contributed by atoms with Crippen molar-refractivity contribution in [2.75, 3.05) is 11.9 Å². The molecule has 0 atom stereocenters. The Morgan fingerprint density at radius 2 is 2.32 bits per heavy atom. The zero-order valence-corrected chi connectivity index (χ0v) is 12.6. The van der Waals surface area contributed by atoms with E-state index in [0.717, 1.165) is 35.2 Å². The minimum atomic E-state index is 0.395. The lowest BCUT2D eigenvalue weighted by atomic mass is 10.1. The smallest absolute Gasteiger partial charge is 0.106 e. The molecule has 1 heterocycles. The van der Waals surface area contributed by atoms with Crippen LogP contribution in [0.15, 0.2) is 35.1 Å². The third kappa shape index (κ3) is 4.00. The van der Waals surface area contributed by atoms with Gasteiger partial charge in [0.15, 0.2) is 0 Å². The Morgan fingerprint density at radius 1 is 1.47 bits per heavy atom. The average molecular weight is 340 g/mol. The number of thiocarbonyl (C=S) groups is 1. The maximum atomic E-state index is 5.70. The molecule has 0 spiro atoms. The predicted molar refractivity (Wildman–Crippen MR) is 83.2 cm³/mol. The summed E-state index contributed by atoms with van der Waals surface area (Å²) in [5.74, 6) is 0. The highest BCUT2D eigenvalue weighted by molar-refractivity contribution is 9.10. The van der Waals surface area contributed by atoms with Crippen molar-refractivity contribution in [2.24, 2.45) is 5.73 Å². The van der Waals surface area contributed by atoms with Crippen LogP contribution in [0.4, 0.5) is 5.69 Å². The number of aryl methyl sites for hydroxylation is 1. The van der Waals surface area contributed by atoms with Gasteiger partial charge in [-0.25, -0.2) is 0 Å². The molecule has 1 aromatic heterocycles. The number of nitrogens with two attached hydrogens (primary N) is 1. The van der Waals surface area contributed by atoms with Crippen LogP contribution < -0.4 is 11.1 Å². The Balaban J connectivity index is 1.91. The van der Waals surface area contributed by atoms with Crippen molar-refractivity contribution >= 4 is 38.8 Å². The zero-order valence-electron chi connectivity index (χ0n) is 10.2. The summed E-state index contributed by atoms with van der Waals surface area (Å²) < 4.78 is 2.79. The third-order valence-corrected chi connectivity index (χ3v) is 3.31. The van der Waals surface area contributed by atoms with E-state index in [2.05, 4.69) is 31.6 Å². The topological polar surface area (TPSA) is 68.8 Å². The van der Waals surface area contributed by atoms with Gasteiger partial charge in [-0.3, -0.25) is 4.68 Å². The van der Waals surface area contributed by atoms with E-state index in [-0.39, 0.29) is 0 Å². The number of aromatic nitrogens is 3. The third-order valence-electron chi connectivity index (χ3n) is 2.60. The molecule has 0 amide bonds. The summed E-state index contributed by atoms with van der Waals surface area (Å²) in [5, 5.41) is 11.0. The molecule has 1 aromatic carbocycles. The van der Waals surface area contributed by atoms with Crippen molar-refractivity contribution < 1.29 is 0 Å². The maximum Gasteiger partial charge on any atom is 0.106 e. The number of anilines is 1. The standard InChI is InChI=1S/C12H14BrN5S/c13-9-2-3-10(12(14)19)11(8-9)15-4-1-6-18-7-5-16-17-18/h2-3,5,7-8,15H,1,4,6H2,(H2,14,19). The Kier molecular flexibility index (Phi) is 4.86. The monoisotopic (exact) mass is 339 g/mol. The van der Waals surface area contributed by atoms with Gasteiger partial charge in [-0.05, 0) is 24.6 Å². The molecule has 0 fully saturated rings. The zero-order chi connectivity index (χ0) is 13.7. The van der Waals surface area contributed by atoms with Crippen LogP contribution in [-0.4, -0.2) is 26.5 Å². The Morgan fingerprint density at radius 3 is 3.00 bits per heavy atom. The van der Waals surface area contributed by atoms with Crippen molar-refractivity contribution in [3.8, 4) is 0 Å². The minimum Gasteiger partial charge on any atom is -0.389 e. The van der Waals surface area contributed by atoms with Gasteiger partial charge in [0.05, 0.1) is 6.20 Å². The number of nitrogens with one attached hydrogen (secondary N) is 1. The molecule has 0 radical (unpaired) electrons. The van der Waals surface area contributed by atoms with Gasteiger partial charge < -0.3 is 11.1 Å². The number of hydrogen-bond acceptors (Lipinski definition) is 4. The van der Waals surface area contributed by atoms with Crippen molar-refractivity contribution in [3.05, 3.63) is 40.6 Å². The van der Waals surface area contributed by atoms with Gasteiger partial charge in [0.2, 0.25) is 0 Å². The van der Waals surface area contributed by atoms with Gasteiger partial charge in [0.1, 0.15) is 4.99 Å². The van der Waals surface area contributed by atoms with Crippen LogP contribution in [0.5, 0.6) is 0 Å². The Hall–Kier alpha value is -1.47. The van der Waals surface area contributed by atoms with E-state index in [0.29, 0.717) is 4.99 Å². The van der Waals surface area contributed by atoms with Gasteiger partial charge in [-0.1, -0.05) is 33.4 Å². The average Bonchev–Trinajstić information content (AvgIpc) is 2.87. The highest BCUT2D eigenvalue weighted by Gasteiger charge is 2.05. The van der Waals surface area contributed by atoms with Gasteiger partial charge in [-0.15, -0.1) is 5.10 Å². The first-order valence-electron chi connectivity index (χ1n) is 5.84. The van der Waals surface area contributed by atoms with Crippen LogP contribution in [0.25, 0.3) is 0 Å². The second-order valence-corrected chi connectivity index (χ2v) is 5.36. The van der Waals surface area contributed by atoms with E-state index >= 15 is 0 Å². The molecule has 0 saturated heterocycles. The molecule has 5 nitrogen and oxygen atoms in total. The van der Waals surface area contributed by atoms with Gasteiger partial charge in [0.25, 0.3) is 0 Å². The van der Waals surface area contributed by atoms with Crippen LogP contribution in [-0.2, 0) is 6.54 Å². The summed E-state index contributed by atoms with van der Waals surface area (Å²) in [7, 11) is 0. The summed E-state index contributed by atoms with van der Waals surface area (Å²) in [6.07, 6.45) is 4.46. The largest absolute Gasteiger partial charge is 0.389 e. The summed E-state index contributed by atoms with van der Waals surface area (Å²) in [6.45, 7) is 1.63. The van der Waals surface area contributed by atoms with Crippen molar-refractivity contribution in [2.45, 2.75) is 13.0 Å². The first kappa shape index (κ1) is 14.0. The van der Waals surface area contributed by atoms with E-state index < -0.39 is 0 Å². The molecular formula is C12H14BrN5S. The van der Waals surface area contributed by atoms with Gasteiger partial charge >= 0.3 is 0 Å². The minimum absolute atomic E-state index is 0.395. The summed E-state index contributed by atoms with van der Waals surface area (Å²) in [5.41, 5.74) is 7.50. The van der Waals surface area contributed by atoms with Crippen LogP contribution in [0.3, 0.4) is 0 Å². The fourth-order valence-corrected chi connectivity index (χ4v) is 2.23. The SMILES string of the molecule is NC(=S)c1ccc(Br)cc1NCCCn1ccnn1. The first-order chi connectivity index (χ1) is 9.16. The lowest BCUT2D eigenvalue weighted by Gasteiger charge is -2.11. The maximum absolute atomic E-state index is 5.70. The first-order valence-corrected chi connectivity index (χ1v) is 7.04. The fourth-order valence-electron chi connectivity index (χ4n) is 1.69. The second kappa shape index (κ2) is 6.63. The molecule has 0 aliphatic heterocycles. The van der Waals surface area contributed by atoms with Gasteiger partial charge in [-0.2, -0.15) is 0 Å². The summed E-state index contributed by atoms with van der Waals surface area (Å²) in [6, 6.07) is 5.81. The summed E-state index contributed by atoms with van der Waals surface area (Å²) >= 11 is 8.48. The van der Waals surface area contributed by atoms with E-state index in [1.165, 1.54) is 0 Å². The highest BCUT2D eigenvalue weighted by atomic mass is 79.9. The molecule has 2 rings (SSSR count). The summed E-state index contributed by atoms with van der Waals surface area (Å²) in [4.78, 5) is 0.395. The number of nitrogens with zero attached hydrogens (tertiary/aromatic N) is 3. The molecule has 2 aromatic rings. The van der Waals surface area contributed by atoms with Crippen LogP contribution in [0.1, 0.15) is 12.0 Å². The van der Waals surface area contributed by atoms with Crippen LogP contribution in [0.2, 0.25) is 0 Å². The molecule has 7 heteroatoms. The van der Waals surface area contributed by atoms with E-state index in [1.807, 2.05) is 24.4 Å². The van der Waals surface area contributed by atoms with Crippen molar-refractivity contribution in [1.82, 2.24) is 15.0 Å². The predicted octanol–water partition coefficient (Wildman–Crippen LogP) is 2.18. The number of rotatable bonds is 6. The molecule has 0 bridgehead atoms. The number of halogens is 1. The fraction of sp³-hybridized carbons (Fsp3) is 0.250. The normalized spacial score (nSPS) is 10.4. The Labute approximate surface area is 125 Å². The van der Waals surface area contributed by atoms with Crippen LogP contribution >= 0.6 is 28.1 Å². The molecular weight excluding hydrogens is 326 g/mol. The molecule has 0 aliphatic carbocycles. The van der Waals surface area contributed by atoms with Crippen molar-refractivity contribution in [3.63, 3.8) is 0 Å². The molecule has 19 heavy (non-hydrogen) atoms. The molecule has 100 valence electrons. The van der Waals surface area contributed by atoms with E-state index in [4.69, 9.17) is 18.0 Å².